The molecule has 1 aliphatic carbocycles. The number of ether oxygens (including phenoxy) is 1. The number of hydrogen-bond donors (Lipinski definition) is 2. The topological polar surface area (TPSA) is 62.8 Å². The van der Waals surface area contributed by atoms with Gasteiger partial charge in [0.25, 0.3) is 0 Å². The maximum absolute atomic E-state index is 6.21. The van der Waals surface area contributed by atoms with Crippen molar-refractivity contribution < 1.29 is 4.74 Å². The van der Waals surface area contributed by atoms with Crippen LogP contribution in [0.1, 0.15) is 57.4 Å². The van der Waals surface area contributed by atoms with Crippen LogP contribution in [0, 0.1) is 0 Å². The molecule has 4 rings (SSSR count). The Balaban J connectivity index is 1.57. The molecule has 0 aromatic carbocycles. The van der Waals surface area contributed by atoms with Crippen LogP contribution in [0.3, 0.4) is 0 Å². The Kier molecular flexibility index (Phi) is 3.97. The van der Waals surface area contributed by atoms with Gasteiger partial charge in [-0.2, -0.15) is 0 Å². The monoisotopic (exact) mass is 314 g/mol. The molecule has 1 atom stereocenters. The largest absolute Gasteiger partial charge is 0.375 e. The van der Waals surface area contributed by atoms with Gasteiger partial charge in [-0.25, -0.2) is 9.97 Å². The number of H-pyrrole nitrogens is 1. The molecule has 0 amide bonds. The van der Waals surface area contributed by atoms with Gasteiger partial charge in [-0.1, -0.05) is 26.2 Å². The maximum Gasteiger partial charge on any atom is 0.143 e. The number of aryl methyl sites for hydroxylation is 1. The first kappa shape index (κ1) is 14.9. The van der Waals surface area contributed by atoms with Gasteiger partial charge in [0.1, 0.15) is 17.8 Å². The van der Waals surface area contributed by atoms with Crippen molar-refractivity contribution in [3.8, 4) is 0 Å². The van der Waals surface area contributed by atoms with E-state index in [-0.39, 0.29) is 5.60 Å². The Morgan fingerprint density at radius 1 is 1.30 bits per heavy atom. The molecule has 5 nitrogen and oxygen atoms in total. The molecule has 2 aromatic rings. The van der Waals surface area contributed by atoms with Gasteiger partial charge in [0, 0.05) is 18.8 Å². The second-order valence-corrected chi connectivity index (χ2v) is 7.04. The quantitative estimate of drug-likeness (QED) is 0.904. The van der Waals surface area contributed by atoms with Crippen LogP contribution in [-0.2, 0) is 11.2 Å². The van der Waals surface area contributed by atoms with Crippen LogP contribution in [0.4, 0.5) is 5.82 Å². The molecule has 2 fully saturated rings. The second-order valence-electron chi connectivity index (χ2n) is 7.04. The minimum atomic E-state index is 0.117. The zero-order chi connectivity index (χ0) is 15.7. The van der Waals surface area contributed by atoms with E-state index in [2.05, 4.69) is 33.4 Å². The highest BCUT2D eigenvalue weighted by Gasteiger charge is 2.38. The lowest BCUT2D eigenvalue weighted by molar-refractivity contribution is -0.103. The average molecular weight is 314 g/mol. The first-order chi connectivity index (χ1) is 11.3. The summed E-state index contributed by atoms with van der Waals surface area (Å²) in [5.74, 6) is 0.978. The van der Waals surface area contributed by atoms with E-state index in [0.29, 0.717) is 6.04 Å². The molecule has 124 valence electrons. The number of anilines is 1. The predicted octanol–water partition coefficient (Wildman–Crippen LogP) is 3.81. The van der Waals surface area contributed by atoms with Crippen molar-refractivity contribution in [1.29, 1.82) is 0 Å². The SMILES string of the molecule is CCc1c[nH]c2ncnc(NC3CCOC4(CCCCC4)C3)c12. The van der Waals surface area contributed by atoms with Gasteiger partial charge in [-0.15, -0.1) is 0 Å². The third-order valence-electron chi connectivity index (χ3n) is 5.53. The molecular weight excluding hydrogens is 288 g/mol. The van der Waals surface area contributed by atoms with E-state index in [4.69, 9.17) is 4.74 Å². The number of rotatable bonds is 3. The molecule has 23 heavy (non-hydrogen) atoms. The number of aromatic amines is 1. The van der Waals surface area contributed by atoms with Crippen molar-refractivity contribution in [2.45, 2.75) is 69.9 Å². The highest BCUT2D eigenvalue weighted by molar-refractivity contribution is 5.90. The average Bonchev–Trinajstić information content (AvgIpc) is 3.00. The van der Waals surface area contributed by atoms with Gasteiger partial charge in [0.15, 0.2) is 0 Å². The van der Waals surface area contributed by atoms with Crippen LogP contribution in [0.5, 0.6) is 0 Å². The molecule has 1 aliphatic heterocycles. The van der Waals surface area contributed by atoms with Gasteiger partial charge in [-0.3, -0.25) is 0 Å². The van der Waals surface area contributed by atoms with Crippen molar-refractivity contribution in [2.24, 2.45) is 0 Å². The summed E-state index contributed by atoms with van der Waals surface area (Å²) in [6.07, 6.45) is 13.3. The molecule has 2 N–H and O–H groups in total. The van der Waals surface area contributed by atoms with Gasteiger partial charge < -0.3 is 15.0 Å². The maximum atomic E-state index is 6.21. The van der Waals surface area contributed by atoms with Crippen LogP contribution in [0.15, 0.2) is 12.5 Å². The van der Waals surface area contributed by atoms with Crippen LogP contribution >= 0.6 is 0 Å². The fourth-order valence-electron chi connectivity index (χ4n) is 4.30. The van der Waals surface area contributed by atoms with Gasteiger partial charge in [-0.05, 0) is 37.7 Å². The lowest BCUT2D eigenvalue weighted by Crippen LogP contribution is -2.45. The Hall–Kier alpha value is -1.62. The third-order valence-corrected chi connectivity index (χ3v) is 5.53. The first-order valence-corrected chi connectivity index (χ1v) is 9.01. The zero-order valence-corrected chi connectivity index (χ0v) is 13.9. The lowest BCUT2D eigenvalue weighted by atomic mass is 9.78. The molecular formula is C18H26N4O. The summed E-state index contributed by atoms with van der Waals surface area (Å²) in [5.41, 5.74) is 2.33. The zero-order valence-electron chi connectivity index (χ0n) is 13.9. The molecule has 0 bridgehead atoms. The number of hydrogen-bond acceptors (Lipinski definition) is 4. The summed E-state index contributed by atoms with van der Waals surface area (Å²) >= 11 is 0. The molecule has 2 aliphatic rings. The van der Waals surface area contributed by atoms with Crippen LogP contribution in [0.2, 0.25) is 0 Å². The van der Waals surface area contributed by atoms with Crippen LogP contribution in [0.25, 0.3) is 11.0 Å². The van der Waals surface area contributed by atoms with Crippen molar-refractivity contribution in [2.75, 3.05) is 11.9 Å². The number of nitrogens with zero attached hydrogens (tertiary/aromatic N) is 2. The minimum Gasteiger partial charge on any atom is -0.375 e. The van der Waals surface area contributed by atoms with E-state index >= 15 is 0 Å². The molecule has 5 heteroatoms. The Morgan fingerprint density at radius 2 is 2.17 bits per heavy atom. The normalized spacial score (nSPS) is 24.1. The van der Waals surface area contributed by atoms with Gasteiger partial charge in [0.05, 0.1) is 11.0 Å². The third kappa shape index (κ3) is 2.82. The highest BCUT2D eigenvalue weighted by atomic mass is 16.5. The summed E-state index contributed by atoms with van der Waals surface area (Å²) in [7, 11) is 0. The summed E-state index contributed by atoms with van der Waals surface area (Å²) in [6.45, 7) is 3.03. The fraction of sp³-hybridized carbons (Fsp3) is 0.667. The number of fused-ring (bicyclic) bond motifs is 1. The summed E-state index contributed by atoms with van der Waals surface area (Å²) < 4.78 is 6.21. The molecule has 1 spiro atoms. The standard InChI is InChI=1S/C18H26N4O/c1-2-13-11-19-16-15(13)17(21-12-20-16)22-14-6-9-23-18(10-14)7-4-3-5-8-18/h11-12,14H,2-10H2,1H3,(H2,19,20,21,22). The van der Waals surface area contributed by atoms with Crippen molar-refractivity contribution >= 4 is 16.9 Å². The van der Waals surface area contributed by atoms with Gasteiger partial charge in [0.2, 0.25) is 0 Å². The van der Waals surface area contributed by atoms with Crippen LogP contribution in [-0.4, -0.2) is 33.2 Å². The van der Waals surface area contributed by atoms with Crippen LogP contribution < -0.4 is 5.32 Å². The van der Waals surface area contributed by atoms with E-state index in [9.17, 15) is 0 Å². The molecule has 1 unspecified atom stereocenters. The number of nitrogens with one attached hydrogen (secondary N) is 2. The summed E-state index contributed by atoms with van der Waals surface area (Å²) in [4.78, 5) is 12.1. The van der Waals surface area contributed by atoms with E-state index in [1.54, 1.807) is 6.33 Å². The molecule has 0 radical (unpaired) electrons. The van der Waals surface area contributed by atoms with E-state index in [1.807, 2.05) is 0 Å². The van der Waals surface area contributed by atoms with Gasteiger partial charge >= 0.3 is 0 Å². The van der Waals surface area contributed by atoms with E-state index in [1.165, 1.54) is 37.7 Å². The highest BCUT2D eigenvalue weighted by Crippen LogP contribution is 2.39. The number of aromatic nitrogens is 3. The summed E-state index contributed by atoms with van der Waals surface area (Å²) in [5, 5.41) is 4.86. The minimum absolute atomic E-state index is 0.117. The second kappa shape index (κ2) is 6.11. The predicted molar refractivity (Wildman–Crippen MR) is 91.7 cm³/mol. The Morgan fingerprint density at radius 3 is 3.00 bits per heavy atom. The fourth-order valence-corrected chi connectivity index (χ4v) is 4.30. The van der Waals surface area contributed by atoms with E-state index in [0.717, 1.165) is 42.7 Å². The molecule has 1 saturated heterocycles. The Labute approximate surface area is 137 Å². The lowest BCUT2D eigenvalue weighted by Gasteiger charge is -2.43. The van der Waals surface area contributed by atoms with E-state index < -0.39 is 0 Å². The van der Waals surface area contributed by atoms with Crippen molar-refractivity contribution in [3.05, 3.63) is 18.1 Å². The molecule has 2 aromatic heterocycles. The van der Waals surface area contributed by atoms with Crippen molar-refractivity contribution in [3.63, 3.8) is 0 Å². The molecule has 3 heterocycles. The summed E-state index contributed by atoms with van der Waals surface area (Å²) in [6, 6.07) is 0.444. The smallest absolute Gasteiger partial charge is 0.143 e. The first-order valence-electron chi connectivity index (χ1n) is 9.01. The van der Waals surface area contributed by atoms with Crippen molar-refractivity contribution in [1.82, 2.24) is 15.0 Å². The Bertz CT molecular complexity index is 669. The molecule has 1 saturated carbocycles.